The van der Waals surface area contributed by atoms with Gasteiger partial charge >= 0.3 is 0 Å². The third-order valence-electron chi connectivity index (χ3n) is 3.07. The van der Waals surface area contributed by atoms with Crippen LogP contribution in [0, 0.1) is 11.3 Å². The molecule has 0 amide bonds. The van der Waals surface area contributed by atoms with Gasteiger partial charge in [0.25, 0.3) is 0 Å². The van der Waals surface area contributed by atoms with Crippen LogP contribution in [0.1, 0.15) is 17.2 Å². The van der Waals surface area contributed by atoms with E-state index >= 15 is 0 Å². The van der Waals surface area contributed by atoms with E-state index in [1.807, 2.05) is 6.07 Å². The number of ether oxygens (including phenoxy) is 1. The fraction of sp³-hybridized carbons (Fsp3) is 0.0714. The fourth-order valence-electron chi connectivity index (χ4n) is 2.22. The van der Waals surface area contributed by atoms with Crippen molar-refractivity contribution in [1.82, 2.24) is 0 Å². The summed E-state index contributed by atoms with van der Waals surface area (Å²) in [5, 5.41) is 9.28. The van der Waals surface area contributed by atoms with Crippen molar-refractivity contribution in [2.45, 2.75) is 5.92 Å². The van der Waals surface area contributed by atoms with Crippen molar-refractivity contribution in [2.24, 2.45) is 5.73 Å². The van der Waals surface area contributed by atoms with Gasteiger partial charge in [-0.3, -0.25) is 0 Å². The standard InChI is InChI=1S/C14H11N3O2/c15-7-10-13(11-2-1-5-18-11)9-4-3-8(16)6-12(9)19-14(10)17/h1-6,13H,16-17H2/t13-/m0/s1. The molecule has 19 heavy (non-hydrogen) atoms. The number of rotatable bonds is 1. The highest BCUT2D eigenvalue weighted by atomic mass is 16.5. The Hall–Kier alpha value is -2.87. The molecule has 5 heteroatoms. The Bertz CT molecular complexity index is 696. The van der Waals surface area contributed by atoms with Crippen molar-refractivity contribution in [1.29, 1.82) is 5.26 Å². The average Bonchev–Trinajstić information content (AvgIpc) is 2.90. The summed E-state index contributed by atoms with van der Waals surface area (Å²) in [6.07, 6.45) is 1.56. The van der Waals surface area contributed by atoms with Crippen molar-refractivity contribution >= 4 is 5.69 Å². The van der Waals surface area contributed by atoms with Gasteiger partial charge in [-0.05, 0) is 18.2 Å². The Kier molecular flexibility index (Phi) is 2.43. The number of furan rings is 1. The zero-order valence-corrected chi connectivity index (χ0v) is 9.96. The average molecular weight is 253 g/mol. The van der Waals surface area contributed by atoms with E-state index in [9.17, 15) is 5.26 Å². The molecule has 1 aromatic heterocycles. The lowest BCUT2D eigenvalue weighted by molar-refractivity contribution is 0.384. The molecule has 1 aliphatic heterocycles. The Morgan fingerprint density at radius 1 is 1.21 bits per heavy atom. The Morgan fingerprint density at radius 2 is 2.05 bits per heavy atom. The van der Waals surface area contributed by atoms with Crippen LogP contribution in [0.4, 0.5) is 5.69 Å². The van der Waals surface area contributed by atoms with Crippen LogP contribution in [-0.2, 0) is 0 Å². The highest BCUT2D eigenvalue weighted by Crippen LogP contribution is 2.42. The first-order valence-electron chi connectivity index (χ1n) is 5.71. The monoisotopic (exact) mass is 253 g/mol. The minimum atomic E-state index is -0.357. The number of hydrogen-bond acceptors (Lipinski definition) is 5. The molecule has 0 aliphatic carbocycles. The lowest BCUT2D eigenvalue weighted by Gasteiger charge is -2.24. The first-order chi connectivity index (χ1) is 9.20. The number of anilines is 1. The van der Waals surface area contributed by atoms with Crippen LogP contribution >= 0.6 is 0 Å². The van der Waals surface area contributed by atoms with E-state index in [0.29, 0.717) is 22.8 Å². The maximum atomic E-state index is 9.28. The Labute approximate surface area is 109 Å². The zero-order chi connectivity index (χ0) is 13.4. The second-order valence-electron chi connectivity index (χ2n) is 4.24. The number of nitriles is 1. The molecule has 1 aromatic carbocycles. The minimum absolute atomic E-state index is 0.0852. The smallest absolute Gasteiger partial charge is 0.205 e. The SMILES string of the molecule is N#CC1=C(N)Oc2cc(N)ccc2[C@@H]1c1ccco1. The van der Waals surface area contributed by atoms with Crippen LogP contribution in [0.2, 0.25) is 0 Å². The predicted octanol–water partition coefficient (Wildman–Crippen LogP) is 2.08. The molecule has 0 saturated heterocycles. The van der Waals surface area contributed by atoms with Gasteiger partial charge in [0.2, 0.25) is 5.88 Å². The normalized spacial score (nSPS) is 17.5. The molecule has 1 atom stereocenters. The van der Waals surface area contributed by atoms with Crippen LogP contribution < -0.4 is 16.2 Å². The third-order valence-corrected chi connectivity index (χ3v) is 3.07. The largest absolute Gasteiger partial charge is 0.468 e. The van der Waals surface area contributed by atoms with Gasteiger partial charge < -0.3 is 20.6 Å². The summed E-state index contributed by atoms with van der Waals surface area (Å²) in [5.41, 5.74) is 13.3. The first-order valence-corrected chi connectivity index (χ1v) is 5.71. The maximum Gasteiger partial charge on any atom is 0.205 e. The highest BCUT2D eigenvalue weighted by Gasteiger charge is 2.32. The predicted molar refractivity (Wildman–Crippen MR) is 68.9 cm³/mol. The number of nitrogen functional groups attached to an aromatic ring is 1. The van der Waals surface area contributed by atoms with Crippen LogP contribution in [-0.4, -0.2) is 0 Å². The van der Waals surface area contributed by atoms with E-state index in [1.165, 1.54) is 0 Å². The van der Waals surface area contributed by atoms with E-state index in [4.69, 9.17) is 20.6 Å². The summed E-state index contributed by atoms with van der Waals surface area (Å²) in [5.74, 6) is 0.929. The van der Waals surface area contributed by atoms with Gasteiger partial charge in [-0.2, -0.15) is 5.26 Å². The highest BCUT2D eigenvalue weighted by molar-refractivity contribution is 5.58. The molecule has 5 nitrogen and oxygen atoms in total. The quantitative estimate of drug-likeness (QED) is 0.758. The molecule has 0 unspecified atom stereocenters. The van der Waals surface area contributed by atoms with Gasteiger partial charge in [-0.25, -0.2) is 0 Å². The molecule has 0 fully saturated rings. The van der Waals surface area contributed by atoms with Crippen molar-refractivity contribution in [3.8, 4) is 11.8 Å². The van der Waals surface area contributed by atoms with Crippen molar-refractivity contribution in [3.63, 3.8) is 0 Å². The van der Waals surface area contributed by atoms with Crippen molar-refractivity contribution in [3.05, 3.63) is 59.4 Å². The lowest BCUT2D eigenvalue weighted by Crippen LogP contribution is -2.20. The number of hydrogen-bond donors (Lipinski definition) is 2. The summed E-state index contributed by atoms with van der Waals surface area (Å²) in [6, 6.07) is 10.9. The van der Waals surface area contributed by atoms with Crippen LogP contribution in [0.15, 0.2) is 52.5 Å². The second-order valence-corrected chi connectivity index (χ2v) is 4.24. The Balaban J connectivity index is 2.23. The molecule has 0 spiro atoms. The van der Waals surface area contributed by atoms with Crippen molar-refractivity contribution < 1.29 is 9.15 Å². The van der Waals surface area contributed by atoms with Gasteiger partial charge in [-0.15, -0.1) is 0 Å². The number of allylic oxidation sites excluding steroid dienone is 1. The summed E-state index contributed by atoms with van der Waals surface area (Å²) in [7, 11) is 0. The molecule has 0 radical (unpaired) electrons. The molecule has 94 valence electrons. The lowest BCUT2D eigenvalue weighted by atomic mass is 9.87. The summed E-state index contributed by atoms with van der Waals surface area (Å²) in [6.45, 7) is 0. The van der Waals surface area contributed by atoms with Crippen LogP contribution in [0.25, 0.3) is 0 Å². The molecular formula is C14H11N3O2. The minimum Gasteiger partial charge on any atom is -0.468 e. The molecule has 1 aliphatic rings. The first kappa shape index (κ1) is 11.2. The molecule has 2 aromatic rings. The number of benzene rings is 1. The molecule has 0 saturated carbocycles. The van der Waals surface area contributed by atoms with E-state index in [0.717, 1.165) is 5.56 Å². The molecular weight excluding hydrogens is 242 g/mol. The van der Waals surface area contributed by atoms with E-state index in [-0.39, 0.29) is 11.8 Å². The van der Waals surface area contributed by atoms with Crippen LogP contribution in [0.3, 0.4) is 0 Å². The molecule has 2 heterocycles. The number of fused-ring (bicyclic) bond motifs is 1. The van der Waals surface area contributed by atoms with E-state index < -0.39 is 0 Å². The van der Waals surface area contributed by atoms with Crippen molar-refractivity contribution in [2.75, 3.05) is 5.73 Å². The van der Waals surface area contributed by atoms with E-state index in [2.05, 4.69) is 6.07 Å². The summed E-state index contributed by atoms with van der Waals surface area (Å²) in [4.78, 5) is 0. The van der Waals surface area contributed by atoms with Gasteiger partial charge in [0.15, 0.2) is 0 Å². The molecule has 4 N–H and O–H groups in total. The van der Waals surface area contributed by atoms with Gasteiger partial charge in [0.1, 0.15) is 23.2 Å². The Morgan fingerprint density at radius 3 is 2.74 bits per heavy atom. The number of nitrogens with two attached hydrogens (primary N) is 2. The second kappa shape index (κ2) is 4.10. The van der Waals surface area contributed by atoms with Gasteiger partial charge in [0.05, 0.1) is 12.2 Å². The molecule has 0 bridgehead atoms. The van der Waals surface area contributed by atoms with Crippen LogP contribution in [0.5, 0.6) is 5.75 Å². The number of nitrogens with zero attached hydrogens (tertiary/aromatic N) is 1. The third kappa shape index (κ3) is 1.70. The van der Waals surface area contributed by atoms with E-state index in [1.54, 1.807) is 30.5 Å². The summed E-state index contributed by atoms with van der Waals surface area (Å²) < 4.78 is 10.9. The fourth-order valence-corrected chi connectivity index (χ4v) is 2.22. The van der Waals surface area contributed by atoms with Gasteiger partial charge in [-0.1, -0.05) is 6.07 Å². The molecule has 3 rings (SSSR count). The topological polar surface area (TPSA) is 98.2 Å². The van der Waals surface area contributed by atoms with Gasteiger partial charge in [0, 0.05) is 17.3 Å². The summed E-state index contributed by atoms with van der Waals surface area (Å²) >= 11 is 0. The maximum absolute atomic E-state index is 9.28. The zero-order valence-electron chi connectivity index (χ0n) is 9.96.